The molecule has 0 fully saturated rings. The van der Waals surface area contributed by atoms with Crippen LogP contribution in [0.15, 0.2) is 63.9 Å². The maximum absolute atomic E-state index is 10.6. The lowest BCUT2D eigenvalue weighted by Crippen LogP contribution is -2.16. The molecular formula is C26H34BrN2O5P. The first-order valence-electron chi connectivity index (χ1n) is 11.8. The summed E-state index contributed by atoms with van der Waals surface area (Å²) in [6.07, 6.45) is 6.22. The van der Waals surface area contributed by atoms with E-state index in [2.05, 4.69) is 56.9 Å². The van der Waals surface area contributed by atoms with Gasteiger partial charge in [-0.25, -0.2) is 0 Å². The fourth-order valence-corrected chi connectivity index (χ4v) is 4.50. The molecule has 190 valence electrons. The van der Waals surface area contributed by atoms with E-state index in [4.69, 9.17) is 18.6 Å². The topological polar surface area (TPSA) is 93.0 Å². The van der Waals surface area contributed by atoms with Crippen molar-refractivity contribution in [3.8, 4) is 16.9 Å². The van der Waals surface area contributed by atoms with Gasteiger partial charge in [-0.05, 0) is 97.0 Å². The van der Waals surface area contributed by atoms with Gasteiger partial charge in [0.2, 0.25) is 0 Å². The van der Waals surface area contributed by atoms with E-state index in [1.807, 2.05) is 26.0 Å². The number of rotatable bonds is 15. The van der Waals surface area contributed by atoms with Crippen LogP contribution in [-0.4, -0.2) is 30.7 Å². The van der Waals surface area contributed by atoms with Crippen molar-refractivity contribution in [2.24, 2.45) is 0 Å². The molecular weight excluding hydrogens is 531 g/mol. The third-order valence-corrected chi connectivity index (χ3v) is 6.36. The van der Waals surface area contributed by atoms with E-state index in [1.54, 1.807) is 12.5 Å². The van der Waals surface area contributed by atoms with Gasteiger partial charge in [0.1, 0.15) is 5.75 Å². The van der Waals surface area contributed by atoms with Gasteiger partial charge >= 0.3 is 8.25 Å². The Kier molecular flexibility index (Phi) is 11.4. The summed E-state index contributed by atoms with van der Waals surface area (Å²) in [6, 6.07) is 14.6. The average molecular weight is 565 g/mol. The Balaban J connectivity index is 1.53. The standard InChI is InChI=1S/C26H34BrN2O5P/c1-19(2)34-26-9-7-20(16-24(26)27)5-3-12-29-25-8-6-21(15-23(25)22-10-14-32-18-22)17-28-11-4-13-33-35(30)31/h6-10,14-16,18-19,28-29,35H,3-5,11-13,17H2,1-2H3,(H,30,31). The Morgan fingerprint density at radius 3 is 2.63 bits per heavy atom. The van der Waals surface area contributed by atoms with Crippen LogP contribution in [0.5, 0.6) is 5.75 Å². The smallest absolute Gasteiger partial charge is 0.316 e. The molecule has 3 rings (SSSR count). The number of halogens is 1. The molecule has 0 aliphatic rings. The molecule has 0 aliphatic carbocycles. The number of benzene rings is 2. The minimum Gasteiger partial charge on any atom is -0.490 e. The number of furan rings is 1. The average Bonchev–Trinajstić information content (AvgIpc) is 3.35. The fraction of sp³-hybridized carbons (Fsp3) is 0.385. The van der Waals surface area contributed by atoms with Crippen molar-refractivity contribution < 1.29 is 23.1 Å². The van der Waals surface area contributed by atoms with Gasteiger partial charge in [-0.3, -0.25) is 4.57 Å². The van der Waals surface area contributed by atoms with E-state index >= 15 is 0 Å². The van der Waals surface area contributed by atoms with Crippen LogP contribution in [0.3, 0.4) is 0 Å². The summed E-state index contributed by atoms with van der Waals surface area (Å²) in [5.74, 6) is 0.872. The zero-order chi connectivity index (χ0) is 25.0. The summed E-state index contributed by atoms with van der Waals surface area (Å²) in [7, 11) is -2.84. The molecule has 1 atom stereocenters. The van der Waals surface area contributed by atoms with Crippen molar-refractivity contribution in [1.29, 1.82) is 0 Å². The van der Waals surface area contributed by atoms with E-state index in [1.165, 1.54) is 5.56 Å². The first-order chi connectivity index (χ1) is 16.9. The zero-order valence-electron chi connectivity index (χ0n) is 20.2. The van der Waals surface area contributed by atoms with Crippen molar-refractivity contribution in [3.63, 3.8) is 0 Å². The minimum absolute atomic E-state index is 0.146. The van der Waals surface area contributed by atoms with Crippen LogP contribution in [0, 0.1) is 0 Å². The van der Waals surface area contributed by atoms with Gasteiger partial charge in [-0.15, -0.1) is 0 Å². The molecule has 2 aromatic carbocycles. The quantitative estimate of drug-likeness (QED) is 0.145. The van der Waals surface area contributed by atoms with E-state index in [9.17, 15) is 4.57 Å². The second-order valence-corrected chi connectivity index (χ2v) is 10.2. The molecule has 1 heterocycles. The molecule has 1 aromatic heterocycles. The number of hydrogen-bond donors (Lipinski definition) is 3. The van der Waals surface area contributed by atoms with Crippen molar-refractivity contribution in [2.45, 2.75) is 45.8 Å². The van der Waals surface area contributed by atoms with Gasteiger partial charge in [-0.2, -0.15) is 0 Å². The Labute approximate surface area is 216 Å². The first-order valence-corrected chi connectivity index (χ1v) is 13.9. The van der Waals surface area contributed by atoms with Gasteiger partial charge in [0.15, 0.2) is 0 Å². The highest BCUT2D eigenvalue weighted by atomic mass is 79.9. The lowest BCUT2D eigenvalue weighted by molar-refractivity contribution is 0.241. The van der Waals surface area contributed by atoms with Crippen LogP contribution in [-0.2, 0) is 22.1 Å². The number of anilines is 1. The maximum atomic E-state index is 10.6. The molecule has 3 aromatic rings. The number of aryl methyl sites for hydroxylation is 1. The molecule has 0 radical (unpaired) electrons. The molecule has 0 aliphatic heterocycles. The van der Waals surface area contributed by atoms with Gasteiger partial charge in [0, 0.05) is 29.9 Å². The fourth-order valence-electron chi connectivity index (χ4n) is 3.67. The number of hydrogen-bond acceptors (Lipinski definition) is 6. The highest BCUT2D eigenvalue weighted by Crippen LogP contribution is 2.30. The molecule has 7 nitrogen and oxygen atoms in total. The highest BCUT2D eigenvalue weighted by molar-refractivity contribution is 9.10. The van der Waals surface area contributed by atoms with E-state index in [0.717, 1.165) is 52.0 Å². The molecule has 0 bridgehead atoms. The molecule has 35 heavy (non-hydrogen) atoms. The summed E-state index contributed by atoms with van der Waals surface area (Å²) >= 11 is 3.61. The van der Waals surface area contributed by atoms with E-state index < -0.39 is 8.25 Å². The molecule has 3 N–H and O–H groups in total. The molecule has 0 saturated carbocycles. The van der Waals surface area contributed by atoms with Crippen molar-refractivity contribution in [1.82, 2.24) is 5.32 Å². The first kappa shape index (κ1) is 27.5. The minimum atomic E-state index is -2.84. The third-order valence-electron chi connectivity index (χ3n) is 5.29. The molecule has 0 spiro atoms. The zero-order valence-corrected chi connectivity index (χ0v) is 22.8. The van der Waals surface area contributed by atoms with Gasteiger partial charge in [-0.1, -0.05) is 12.1 Å². The lowest BCUT2D eigenvalue weighted by atomic mass is 10.0. The Morgan fingerprint density at radius 1 is 1.09 bits per heavy atom. The summed E-state index contributed by atoms with van der Waals surface area (Å²) in [6.45, 7) is 6.57. The molecule has 1 unspecified atom stereocenters. The summed E-state index contributed by atoms with van der Waals surface area (Å²) in [5, 5.41) is 6.93. The number of nitrogens with one attached hydrogen (secondary N) is 2. The monoisotopic (exact) mass is 564 g/mol. The van der Waals surface area contributed by atoms with Crippen molar-refractivity contribution in [2.75, 3.05) is 25.0 Å². The largest absolute Gasteiger partial charge is 0.490 e. The van der Waals surface area contributed by atoms with Gasteiger partial charge in [0.25, 0.3) is 0 Å². The van der Waals surface area contributed by atoms with E-state index in [-0.39, 0.29) is 12.7 Å². The van der Waals surface area contributed by atoms with Crippen molar-refractivity contribution >= 4 is 29.9 Å². The molecule has 0 saturated heterocycles. The lowest BCUT2D eigenvalue weighted by Gasteiger charge is -2.14. The van der Waals surface area contributed by atoms with Crippen LogP contribution in [0.25, 0.3) is 11.1 Å². The van der Waals surface area contributed by atoms with Gasteiger partial charge in [0.05, 0.1) is 29.7 Å². The Morgan fingerprint density at radius 2 is 1.91 bits per heavy atom. The third kappa shape index (κ3) is 9.47. The summed E-state index contributed by atoms with van der Waals surface area (Å²) < 4.78 is 27.4. The van der Waals surface area contributed by atoms with Crippen LogP contribution in [0.4, 0.5) is 5.69 Å². The summed E-state index contributed by atoms with van der Waals surface area (Å²) in [5.41, 5.74) is 5.61. The van der Waals surface area contributed by atoms with Crippen LogP contribution >= 0.6 is 24.2 Å². The number of ether oxygens (including phenoxy) is 1. The predicted octanol–water partition coefficient (Wildman–Crippen LogP) is 6.42. The van der Waals surface area contributed by atoms with Crippen LogP contribution in [0.1, 0.15) is 37.8 Å². The Bertz CT molecular complexity index is 1080. The predicted molar refractivity (Wildman–Crippen MR) is 144 cm³/mol. The van der Waals surface area contributed by atoms with Crippen molar-refractivity contribution in [3.05, 3.63) is 70.6 Å². The maximum Gasteiger partial charge on any atom is 0.316 e. The SMILES string of the molecule is CC(C)Oc1ccc(CCCNc2ccc(CNCCCO[PH](=O)O)cc2-c2ccoc2)cc1Br. The normalized spacial score (nSPS) is 12.1. The summed E-state index contributed by atoms with van der Waals surface area (Å²) in [4.78, 5) is 8.70. The van der Waals surface area contributed by atoms with Crippen LogP contribution < -0.4 is 15.4 Å². The Hall–Kier alpha value is -2.09. The van der Waals surface area contributed by atoms with Gasteiger partial charge < -0.3 is 29.2 Å². The molecule has 9 heteroatoms. The van der Waals surface area contributed by atoms with E-state index in [0.29, 0.717) is 19.5 Å². The second-order valence-electron chi connectivity index (χ2n) is 8.50. The highest BCUT2D eigenvalue weighted by Gasteiger charge is 2.09. The second kappa shape index (κ2) is 14.5. The van der Waals surface area contributed by atoms with Crippen LogP contribution in [0.2, 0.25) is 0 Å². The molecule has 0 amide bonds.